The van der Waals surface area contributed by atoms with Crippen LogP contribution in [0.15, 0.2) is 178 Å². The molecule has 11 rings (SSSR count). The van der Waals surface area contributed by atoms with Gasteiger partial charge in [0.2, 0.25) is 0 Å². The molecule has 0 N–H and O–H groups in total. The number of para-hydroxylation sites is 2. The van der Waals surface area contributed by atoms with Gasteiger partial charge in [-0.15, -0.1) is 0 Å². The molecule has 0 aliphatic heterocycles. The normalized spacial score (nSPS) is 16.9. The SMILES string of the molecule is C1=CC2=C(c3nc(-c4ccc5ccccc5c4)nc(-c4ccc5c(c4)oc4ccccc45)n3)C=CC(c3cccc4oc5ccccc5c34)C2C=C1. The first kappa shape index (κ1) is 28.9. The topological polar surface area (TPSA) is 65.0 Å². The molecule has 0 fully saturated rings. The van der Waals surface area contributed by atoms with E-state index in [2.05, 4.69) is 127 Å². The van der Waals surface area contributed by atoms with E-state index in [1.54, 1.807) is 0 Å². The third-order valence-corrected chi connectivity index (χ3v) is 10.5. The number of hydrogen-bond acceptors (Lipinski definition) is 5. The molecule has 3 aromatic heterocycles. The second-order valence-electron chi connectivity index (χ2n) is 13.5. The summed E-state index contributed by atoms with van der Waals surface area (Å²) in [4.78, 5) is 15.5. The van der Waals surface area contributed by atoms with Crippen molar-refractivity contribution in [3.8, 4) is 22.8 Å². The second-order valence-corrected chi connectivity index (χ2v) is 13.5. The first-order valence-corrected chi connectivity index (χ1v) is 17.6. The van der Waals surface area contributed by atoms with E-state index in [0.717, 1.165) is 60.6 Å². The largest absolute Gasteiger partial charge is 0.456 e. The highest BCUT2D eigenvalue weighted by atomic mass is 16.3. The zero-order valence-electron chi connectivity index (χ0n) is 27.9. The maximum atomic E-state index is 6.29. The molecule has 5 heteroatoms. The van der Waals surface area contributed by atoms with Gasteiger partial charge in [-0.2, -0.15) is 0 Å². The smallest absolute Gasteiger partial charge is 0.164 e. The highest BCUT2D eigenvalue weighted by molar-refractivity contribution is 6.07. The van der Waals surface area contributed by atoms with Crippen molar-refractivity contribution < 1.29 is 8.83 Å². The molecule has 2 unspecified atom stereocenters. The number of furan rings is 2. The molecule has 2 atom stereocenters. The minimum absolute atomic E-state index is 0.0838. The van der Waals surface area contributed by atoms with Gasteiger partial charge in [0, 0.05) is 50.1 Å². The molecule has 2 aliphatic carbocycles. The maximum absolute atomic E-state index is 6.29. The van der Waals surface area contributed by atoms with Gasteiger partial charge in [0.05, 0.1) is 0 Å². The fourth-order valence-corrected chi connectivity index (χ4v) is 8.08. The summed E-state index contributed by atoms with van der Waals surface area (Å²) in [5.41, 5.74) is 8.68. The Morgan fingerprint density at radius 2 is 1.12 bits per heavy atom. The predicted molar refractivity (Wildman–Crippen MR) is 210 cm³/mol. The van der Waals surface area contributed by atoms with E-state index < -0.39 is 0 Å². The van der Waals surface area contributed by atoms with Crippen molar-refractivity contribution >= 4 is 60.2 Å². The Morgan fingerprint density at radius 1 is 0.442 bits per heavy atom. The van der Waals surface area contributed by atoms with Crippen molar-refractivity contribution in [1.29, 1.82) is 0 Å². The molecule has 0 radical (unpaired) electrons. The van der Waals surface area contributed by atoms with Crippen LogP contribution in [-0.2, 0) is 0 Å². The van der Waals surface area contributed by atoms with E-state index in [1.807, 2.05) is 36.4 Å². The summed E-state index contributed by atoms with van der Waals surface area (Å²) in [7, 11) is 0. The standard InChI is InChI=1S/C47H29N3O2/c1-2-11-29-26-30(21-20-28(29)10-1)45-48-46(31-22-23-36-35-14-5-7-17-40(35)52-43(36)27-31)50-47(49-45)38-25-24-34(32-12-3-4-13-33(32)38)37-16-9-19-42-44(37)39-15-6-8-18-41(39)51-42/h1-27,32,34H. The molecule has 6 aromatic carbocycles. The number of hydrogen-bond donors (Lipinski definition) is 0. The van der Waals surface area contributed by atoms with E-state index >= 15 is 0 Å². The Kier molecular flexibility index (Phi) is 6.31. The third-order valence-electron chi connectivity index (χ3n) is 10.5. The fraction of sp³-hybridized carbons (Fsp3) is 0.0426. The summed E-state index contributed by atoms with van der Waals surface area (Å²) in [6.07, 6.45) is 13.3. The van der Waals surface area contributed by atoms with Crippen LogP contribution < -0.4 is 0 Å². The fourth-order valence-electron chi connectivity index (χ4n) is 8.08. The average Bonchev–Trinajstić information content (AvgIpc) is 3.78. The summed E-state index contributed by atoms with van der Waals surface area (Å²) in [6, 6.07) is 43.8. The van der Waals surface area contributed by atoms with Crippen LogP contribution in [0.1, 0.15) is 17.3 Å². The lowest BCUT2D eigenvalue weighted by atomic mass is 9.73. The van der Waals surface area contributed by atoms with Gasteiger partial charge in [0.1, 0.15) is 22.3 Å². The van der Waals surface area contributed by atoms with Crippen LogP contribution in [-0.4, -0.2) is 15.0 Å². The first-order valence-electron chi connectivity index (χ1n) is 17.6. The molecular weight excluding hydrogens is 639 g/mol. The van der Waals surface area contributed by atoms with E-state index in [9.17, 15) is 0 Å². The molecule has 3 heterocycles. The lowest BCUT2D eigenvalue weighted by Gasteiger charge is -2.30. The molecule has 0 saturated heterocycles. The van der Waals surface area contributed by atoms with Crippen LogP contribution in [0, 0.1) is 5.92 Å². The second kappa shape index (κ2) is 11.3. The minimum atomic E-state index is 0.0838. The molecule has 0 amide bonds. The van der Waals surface area contributed by atoms with Crippen molar-refractivity contribution in [2.24, 2.45) is 5.92 Å². The molecular formula is C47H29N3O2. The van der Waals surface area contributed by atoms with E-state index in [4.69, 9.17) is 23.8 Å². The van der Waals surface area contributed by atoms with Crippen LogP contribution in [0.2, 0.25) is 0 Å². The first-order chi connectivity index (χ1) is 25.7. The van der Waals surface area contributed by atoms with Crippen LogP contribution in [0.25, 0.3) is 83.0 Å². The maximum Gasteiger partial charge on any atom is 0.164 e. The number of allylic oxidation sites excluding steroid dienone is 8. The average molecular weight is 668 g/mol. The van der Waals surface area contributed by atoms with Gasteiger partial charge in [-0.25, -0.2) is 15.0 Å². The van der Waals surface area contributed by atoms with Crippen LogP contribution in [0.5, 0.6) is 0 Å². The van der Waals surface area contributed by atoms with Gasteiger partial charge < -0.3 is 8.83 Å². The van der Waals surface area contributed by atoms with Gasteiger partial charge in [0.15, 0.2) is 17.5 Å². The van der Waals surface area contributed by atoms with Crippen molar-refractivity contribution in [3.05, 3.63) is 181 Å². The minimum Gasteiger partial charge on any atom is -0.456 e. The van der Waals surface area contributed by atoms with Crippen LogP contribution >= 0.6 is 0 Å². The monoisotopic (exact) mass is 667 g/mol. The van der Waals surface area contributed by atoms with Gasteiger partial charge in [-0.1, -0.05) is 127 Å². The summed E-state index contributed by atoms with van der Waals surface area (Å²) in [5, 5.41) is 6.77. The zero-order chi connectivity index (χ0) is 34.2. The van der Waals surface area contributed by atoms with Crippen LogP contribution in [0.3, 0.4) is 0 Å². The highest BCUT2D eigenvalue weighted by Gasteiger charge is 2.31. The van der Waals surface area contributed by atoms with Crippen molar-refractivity contribution in [3.63, 3.8) is 0 Å². The van der Waals surface area contributed by atoms with Crippen molar-refractivity contribution in [2.45, 2.75) is 5.92 Å². The van der Waals surface area contributed by atoms with Crippen molar-refractivity contribution in [2.75, 3.05) is 0 Å². The quantitative estimate of drug-likeness (QED) is 0.187. The number of fused-ring (bicyclic) bond motifs is 8. The predicted octanol–water partition coefficient (Wildman–Crippen LogP) is 12.0. The molecule has 0 saturated carbocycles. The molecule has 52 heavy (non-hydrogen) atoms. The zero-order valence-corrected chi connectivity index (χ0v) is 27.9. The Labute approximate surface area is 298 Å². The van der Waals surface area contributed by atoms with Gasteiger partial charge >= 0.3 is 0 Å². The Bertz CT molecular complexity index is 3050. The summed E-state index contributed by atoms with van der Waals surface area (Å²) < 4.78 is 12.6. The van der Waals surface area contributed by atoms with Gasteiger partial charge in [0.25, 0.3) is 0 Å². The van der Waals surface area contributed by atoms with E-state index in [1.165, 1.54) is 21.9 Å². The number of aromatic nitrogens is 3. The van der Waals surface area contributed by atoms with Gasteiger partial charge in [-0.05, 0) is 58.3 Å². The summed E-state index contributed by atoms with van der Waals surface area (Å²) >= 11 is 0. The number of nitrogens with zero attached hydrogens (tertiary/aromatic N) is 3. The Balaban J connectivity index is 1.09. The Morgan fingerprint density at radius 3 is 2.00 bits per heavy atom. The highest BCUT2D eigenvalue weighted by Crippen LogP contribution is 2.46. The molecule has 9 aromatic rings. The molecule has 244 valence electrons. The summed E-state index contributed by atoms with van der Waals surface area (Å²) in [5.74, 6) is 2.04. The summed E-state index contributed by atoms with van der Waals surface area (Å²) in [6.45, 7) is 0. The number of rotatable bonds is 4. The lowest BCUT2D eigenvalue weighted by Crippen LogP contribution is -2.18. The van der Waals surface area contributed by atoms with Gasteiger partial charge in [-0.3, -0.25) is 0 Å². The van der Waals surface area contributed by atoms with E-state index in [0.29, 0.717) is 17.5 Å². The molecule has 5 nitrogen and oxygen atoms in total. The molecule has 0 spiro atoms. The lowest BCUT2D eigenvalue weighted by molar-refractivity contribution is 0.662. The Hall–Kier alpha value is -6.85. The molecule has 2 aliphatic rings. The van der Waals surface area contributed by atoms with Crippen LogP contribution in [0.4, 0.5) is 0 Å². The van der Waals surface area contributed by atoms with E-state index in [-0.39, 0.29) is 11.8 Å². The molecule has 0 bridgehead atoms. The number of benzene rings is 6. The van der Waals surface area contributed by atoms with Crippen molar-refractivity contribution in [1.82, 2.24) is 15.0 Å². The third kappa shape index (κ3) is 4.53.